The molecule has 0 saturated heterocycles. The van der Waals surface area contributed by atoms with Crippen molar-refractivity contribution in [1.29, 1.82) is 0 Å². The van der Waals surface area contributed by atoms with Crippen molar-refractivity contribution >= 4 is 66.4 Å². The maximum atomic E-state index is 7.80. The van der Waals surface area contributed by atoms with Gasteiger partial charge in [0.1, 0.15) is 5.82 Å². The maximum absolute atomic E-state index is 7.80. The monoisotopic (exact) mass is 1330 g/mol. The summed E-state index contributed by atoms with van der Waals surface area (Å²) in [5, 5.41) is 4.45. The molecular weight excluding hydrogens is 1270 g/mol. The van der Waals surface area contributed by atoms with Crippen molar-refractivity contribution in [3.05, 3.63) is 302 Å². The molecule has 6 nitrogen and oxygen atoms in total. The van der Waals surface area contributed by atoms with Crippen LogP contribution in [0, 0.1) is 18.8 Å². The molecule has 1 aliphatic heterocycles. The van der Waals surface area contributed by atoms with E-state index in [0.717, 1.165) is 106 Å². The minimum absolute atomic E-state index is 0. The van der Waals surface area contributed by atoms with Crippen LogP contribution in [0.5, 0.6) is 11.5 Å². The number of hydrogen-bond acceptors (Lipinski definition) is 4. The van der Waals surface area contributed by atoms with Crippen molar-refractivity contribution < 1.29 is 25.8 Å². The molecule has 0 atom stereocenters. The second-order valence-corrected chi connectivity index (χ2v) is 25.8. The molecule has 436 valence electrons. The van der Waals surface area contributed by atoms with Crippen LogP contribution in [-0.2, 0) is 37.3 Å². The molecule has 0 N–H and O–H groups in total. The van der Waals surface area contributed by atoms with Crippen LogP contribution in [0.25, 0.3) is 88.5 Å². The molecule has 16 rings (SSSR count). The van der Waals surface area contributed by atoms with Crippen molar-refractivity contribution in [3.8, 4) is 56.4 Å². The van der Waals surface area contributed by atoms with E-state index in [-0.39, 0.29) is 31.9 Å². The van der Waals surface area contributed by atoms with Crippen LogP contribution in [0.2, 0.25) is 0 Å². The third-order valence-electron chi connectivity index (χ3n) is 18.4. The Morgan fingerprint density at radius 1 is 0.438 bits per heavy atom. The van der Waals surface area contributed by atoms with Crippen LogP contribution in [0.3, 0.4) is 0 Å². The van der Waals surface area contributed by atoms with Gasteiger partial charge in [-0.3, -0.25) is 0 Å². The average Bonchev–Trinajstić information content (AvgIpc) is 1.70. The Bertz CT molecular complexity index is 4940. The molecule has 4 heterocycles. The number of benzene rings is 11. The fourth-order valence-corrected chi connectivity index (χ4v) is 13.9. The second kappa shape index (κ2) is 21.3. The summed E-state index contributed by atoms with van der Waals surface area (Å²) in [4.78, 5) is 9.82. The standard InChI is InChI=1S/C82H64N5O.Pt/c1-80(2,3)55-42-43-83-78(48-55)87-72-39-23-18-34-64(72)67-50-76(86-70-37-21-16-32-62(70)63-33-17-22-38-71(63)86)77(51-75(67)87)88-59-45-57(82(7)68-35-19-14-30-60(68)61-31-15-20-36-69(61)82)44-58(49-59)84-52-85(74-41-25-24-40-73(74)84)79-65(53-26-10-8-11-27-53)46-56(81(4,5)6)47-66(79)54-28-12-9-13-29-54;/h8-48,50,52H,1-7H3;/q-3;. The summed E-state index contributed by atoms with van der Waals surface area (Å²) in [7, 11) is 0. The summed E-state index contributed by atoms with van der Waals surface area (Å²) >= 11 is 0. The number of nitrogens with zero attached hydrogens (tertiary/aromatic N) is 5. The number of para-hydroxylation sites is 5. The van der Waals surface area contributed by atoms with Crippen molar-refractivity contribution in [2.75, 3.05) is 9.80 Å². The maximum Gasteiger partial charge on any atom is 0.135 e. The summed E-state index contributed by atoms with van der Waals surface area (Å²) < 4.78 is 12.4. The van der Waals surface area contributed by atoms with E-state index < -0.39 is 5.41 Å². The van der Waals surface area contributed by atoms with Gasteiger partial charge in [0.15, 0.2) is 0 Å². The predicted octanol–water partition coefficient (Wildman–Crippen LogP) is 21.3. The van der Waals surface area contributed by atoms with E-state index in [9.17, 15) is 0 Å². The number of ether oxygens (including phenoxy) is 1. The molecule has 0 saturated carbocycles. The summed E-state index contributed by atoms with van der Waals surface area (Å²) in [6, 6.07) is 98.3. The molecule has 1 aliphatic carbocycles. The third kappa shape index (κ3) is 9.05. The Morgan fingerprint density at radius 2 is 0.933 bits per heavy atom. The van der Waals surface area contributed by atoms with Gasteiger partial charge in [0.25, 0.3) is 0 Å². The van der Waals surface area contributed by atoms with Crippen molar-refractivity contribution in [2.45, 2.75) is 64.7 Å². The molecule has 3 aromatic heterocycles. The molecule has 0 bridgehead atoms. The summed E-state index contributed by atoms with van der Waals surface area (Å²) in [6.07, 6.45) is 1.93. The number of anilines is 4. The van der Waals surface area contributed by atoms with Gasteiger partial charge in [0.05, 0.1) is 0 Å². The molecule has 11 aromatic carbocycles. The third-order valence-corrected chi connectivity index (χ3v) is 18.4. The Labute approximate surface area is 535 Å². The van der Waals surface area contributed by atoms with Crippen LogP contribution >= 0.6 is 0 Å². The zero-order valence-electron chi connectivity index (χ0n) is 50.8. The van der Waals surface area contributed by atoms with Crippen LogP contribution in [0.1, 0.15) is 76.3 Å². The first kappa shape index (κ1) is 55.8. The van der Waals surface area contributed by atoms with Crippen LogP contribution in [0.4, 0.5) is 22.7 Å². The van der Waals surface area contributed by atoms with E-state index in [0.29, 0.717) is 11.5 Å². The van der Waals surface area contributed by atoms with Gasteiger partial charge in [0.2, 0.25) is 0 Å². The first-order valence-electron chi connectivity index (χ1n) is 30.5. The quantitative estimate of drug-likeness (QED) is 0.135. The summed E-state index contributed by atoms with van der Waals surface area (Å²) in [5.74, 6) is 1.93. The molecule has 0 unspecified atom stereocenters. The fraction of sp³-hybridized carbons (Fsp3) is 0.122. The zero-order valence-corrected chi connectivity index (χ0v) is 53.1. The normalized spacial score (nSPS) is 13.5. The Kier molecular flexibility index (Phi) is 13.3. The smallest absolute Gasteiger partial charge is 0.135 e. The SMILES string of the molecule is CC(C)(C)c1ccnc(-n2c3[c-]c(Oc4[c-]c(N5[CH-]N(c6c(-c7ccccc7)cc(C(C)(C)C)cc6-c6ccccc6)c6ccccc65)cc(C5(C)c6ccccc6-c6ccccc65)c4)c(-n4c5ccccc5c5ccccc54)cc3c3ccccc32)c1.[Pt]. The largest absolute Gasteiger partial charge is 0.507 e. The number of hydrogen-bond donors (Lipinski definition) is 0. The Balaban J connectivity index is 0.00000663. The van der Waals surface area contributed by atoms with Crippen LogP contribution in [0.15, 0.2) is 255 Å². The molecule has 0 amide bonds. The van der Waals surface area contributed by atoms with Crippen LogP contribution < -0.4 is 14.5 Å². The zero-order chi connectivity index (χ0) is 59.6. The van der Waals surface area contributed by atoms with Gasteiger partial charge in [-0.25, -0.2) is 4.98 Å². The number of fused-ring (bicyclic) bond motifs is 10. The molecule has 7 heteroatoms. The number of rotatable bonds is 9. The molecule has 0 radical (unpaired) electrons. The first-order valence-corrected chi connectivity index (χ1v) is 30.5. The Hall–Kier alpha value is -9.74. The van der Waals surface area contributed by atoms with Gasteiger partial charge in [0, 0.05) is 99.7 Å². The minimum Gasteiger partial charge on any atom is -0.507 e. The van der Waals surface area contributed by atoms with E-state index in [1.165, 1.54) is 33.4 Å². The summed E-state index contributed by atoms with van der Waals surface area (Å²) in [5.41, 5.74) is 21.1. The van der Waals surface area contributed by atoms with Gasteiger partial charge in [-0.05, 0) is 128 Å². The molecular formula is C82H64N5OPt-3. The topological polar surface area (TPSA) is 38.5 Å². The Morgan fingerprint density at radius 3 is 1.51 bits per heavy atom. The van der Waals surface area contributed by atoms with E-state index in [1.54, 1.807) is 0 Å². The number of pyridine rings is 1. The van der Waals surface area contributed by atoms with E-state index in [4.69, 9.17) is 9.72 Å². The molecule has 89 heavy (non-hydrogen) atoms. The summed E-state index contributed by atoms with van der Waals surface area (Å²) in [6.45, 7) is 18.3. The van der Waals surface area contributed by atoms with Gasteiger partial charge in [-0.15, -0.1) is 48.3 Å². The first-order chi connectivity index (χ1) is 42.8. The van der Waals surface area contributed by atoms with Gasteiger partial charge in [-0.2, -0.15) is 0 Å². The molecule has 0 spiro atoms. The second-order valence-electron chi connectivity index (χ2n) is 25.8. The molecule has 0 fully saturated rings. The average molecular weight is 1330 g/mol. The van der Waals surface area contributed by atoms with E-state index in [2.05, 4.69) is 335 Å². The van der Waals surface area contributed by atoms with Crippen LogP contribution in [-0.4, -0.2) is 14.1 Å². The van der Waals surface area contributed by atoms with Gasteiger partial charge in [-0.1, -0.05) is 228 Å². The van der Waals surface area contributed by atoms with Crippen molar-refractivity contribution in [2.24, 2.45) is 0 Å². The number of aromatic nitrogens is 3. The minimum atomic E-state index is -0.600. The molecule has 14 aromatic rings. The van der Waals surface area contributed by atoms with Gasteiger partial charge < -0.3 is 23.7 Å². The van der Waals surface area contributed by atoms with Gasteiger partial charge >= 0.3 is 0 Å². The van der Waals surface area contributed by atoms with E-state index in [1.807, 2.05) is 6.20 Å². The van der Waals surface area contributed by atoms with Crippen molar-refractivity contribution in [1.82, 2.24) is 14.1 Å². The predicted molar refractivity (Wildman–Crippen MR) is 364 cm³/mol. The fourth-order valence-electron chi connectivity index (χ4n) is 13.9. The van der Waals surface area contributed by atoms with Crippen molar-refractivity contribution in [3.63, 3.8) is 0 Å². The molecule has 2 aliphatic rings. The van der Waals surface area contributed by atoms with E-state index >= 15 is 0 Å².